The zero-order valence-corrected chi connectivity index (χ0v) is 17.5. The van der Waals surface area contributed by atoms with Gasteiger partial charge >= 0.3 is 0 Å². The fraction of sp³-hybridized carbons (Fsp3) is 0.409. The Bertz CT molecular complexity index is 1060. The van der Waals surface area contributed by atoms with Crippen LogP contribution in [-0.4, -0.2) is 39.5 Å². The predicted molar refractivity (Wildman–Crippen MR) is 115 cm³/mol. The summed E-state index contributed by atoms with van der Waals surface area (Å²) in [6.45, 7) is 10.6. The molecule has 3 rings (SSSR count). The highest BCUT2D eigenvalue weighted by Gasteiger charge is 2.14. The Morgan fingerprint density at radius 1 is 1.14 bits per heavy atom. The highest BCUT2D eigenvalue weighted by molar-refractivity contribution is 5.75. The van der Waals surface area contributed by atoms with Crippen molar-refractivity contribution < 1.29 is 4.39 Å². The molecule has 0 aliphatic rings. The summed E-state index contributed by atoms with van der Waals surface area (Å²) in [4.78, 5) is 25.6. The Labute approximate surface area is 170 Å². The summed E-state index contributed by atoms with van der Waals surface area (Å²) in [6, 6.07) is 7.55. The summed E-state index contributed by atoms with van der Waals surface area (Å²) in [6.07, 6.45) is 0.515. The van der Waals surface area contributed by atoms with Crippen LogP contribution >= 0.6 is 0 Å². The second-order valence-corrected chi connectivity index (χ2v) is 7.18. The quantitative estimate of drug-likeness (QED) is 0.608. The number of H-pyrrole nitrogens is 1. The fourth-order valence-electron chi connectivity index (χ4n) is 3.38. The lowest BCUT2D eigenvalue weighted by Crippen LogP contribution is -2.29. The maximum atomic E-state index is 15.0. The topological polar surface area (TPSA) is 73.9 Å². The molecule has 0 radical (unpaired) electrons. The third kappa shape index (κ3) is 4.79. The van der Waals surface area contributed by atoms with E-state index in [1.54, 1.807) is 12.1 Å². The molecule has 0 amide bonds. The number of hydrogen-bond acceptors (Lipinski definition) is 5. The second-order valence-electron chi connectivity index (χ2n) is 7.18. The highest BCUT2D eigenvalue weighted by atomic mass is 19.1. The minimum absolute atomic E-state index is 0.181. The Morgan fingerprint density at radius 2 is 1.93 bits per heavy atom. The summed E-state index contributed by atoms with van der Waals surface area (Å²) in [5.74, 6) is -0.403. The van der Waals surface area contributed by atoms with Gasteiger partial charge in [-0.25, -0.2) is 9.37 Å². The minimum Gasteiger partial charge on any atom is -0.382 e. The molecule has 0 aliphatic carbocycles. The Hall–Kier alpha value is -2.80. The molecule has 1 aromatic carbocycles. The lowest BCUT2D eigenvalue weighted by atomic mass is 10.1. The number of aromatic amines is 1. The molecule has 0 fully saturated rings. The third-order valence-electron chi connectivity index (χ3n) is 5.10. The Balaban J connectivity index is 1.70. The summed E-state index contributed by atoms with van der Waals surface area (Å²) < 4.78 is 15.0. The molecule has 29 heavy (non-hydrogen) atoms. The average Bonchev–Trinajstić information content (AvgIpc) is 2.70. The first-order valence-electron chi connectivity index (χ1n) is 10.0. The number of nitrogens with zero attached hydrogens (tertiary/aromatic N) is 3. The highest BCUT2D eigenvalue weighted by Crippen LogP contribution is 2.19. The van der Waals surface area contributed by atoms with E-state index in [-0.39, 0.29) is 11.1 Å². The van der Waals surface area contributed by atoms with Gasteiger partial charge in [0.05, 0.1) is 16.9 Å². The van der Waals surface area contributed by atoms with Gasteiger partial charge in [0, 0.05) is 30.9 Å². The SMILES string of the molecule is CCc1nc2ccc(CN(CC)CCNc3ccc(C)nc3C)c(F)c2[nH]c1=O. The van der Waals surface area contributed by atoms with E-state index < -0.39 is 5.82 Å². The first-order chi connectivity index (χ1) is 13.9. The van der Waals surface area contributed by atoms with E-state index in [0.717, 1.165) is 36.7 Å². The van der Waals surface area contributed by atoms with E-state index in [4.69, 9.17) is 0 Å². The number of halogens is 1. The second kappa shape index (κ2) is 9.13. The summed E-state index contributed by atoms with van der Waals surface area (Å²) in [7, 11) is 0. The number of aryl methyl sites for hydroxylation is 3. The van der Waals surface area contributed by atoms with Crippen molar-refractivity contribution >= 4 is 16.7 Å². The smallest absolute Gasteiger partial charge is 0.270 e. The van der Waals surface area contributed by atoms with Crippen LogP contribution in [0.1, 0.15) is 36.5 Å². The molecule has 6 nitrogen and oxygen atoms in total. The molecule has 2 heterocycles. The van der Waals surface area contributed by atoms with Gasteiger partial charge in [0.1, 0.15) is 11.2 Å². The van der Waals surface area contributed by atoms with Gasteiger partial charge in [-0.1, -0.05) is 19.9 Å². The number of hydrogen-bond donors (Lipinski definition) is 2. The molecule has 0 unspecified atom stereocenters. The van der Waals surface area contributed by atoms with Gasteiger partial charge in [0.2, 0.25) is 0 Å². The number of likely N-dealkylation sites (N-methyl/N-ethyl adjacent to an activating group) is 1. The van der Waals surface area contributed by atoms with E-state index in [1.807, 2.05) is 32.9 Å². The van der Waals surface area contributed by atoms with Crippen molar-refractivity contribution in [3.63, 3.8) is 0 Å². The molecule has 0 saturated carbocycles. The van der Waals surface area contributed by atoms with Crippen molar-refractivity contribution in [2.75, 3.05) is 25.0 Å². The lowest BCUT2D eigenvalue weighted by molar-refractivity contribution is 0.287. The van der Waals surface area contributed by atoms with Crippen LogP contribution in [0.3, 0.4) is 0 Å². The molecule has 0 saturated heterocycles. The van der Waals surface area contributed by atoms with Crippen molar-refractivity contribution in [3.8, 4) is 0 Å². The number of rotatable bonds is 8. The molecule has 2 aromatic heterocycles. The van der Waals surface area contributed by atoms with E-state index in [2.05, 4.69) is 32.1 Å². The van der Waals surface area contributed by atoms with Gasteiger partial charge in [0.15, 0.2) is 5.82 Å². The number of benzene rings is 1. The first-order valence-corrected chi connectivity index (χ1v) is 10.0. The van der Waals surface area contributed by atoms with Crippen LogP contribution in [-0.2, 0) is 13.0 Å². The van der Waals surface area contributed by atoms with Crippen LogP contribution in [0.25, 0.3) is 11.0 Å². The number of anilines is 1. The molecule has 154 valence electrons. The van der Waals surface area contributed by atoms with Gasteiger partial charge in [0.25, 0.3) is 5.56 Å². The van der Waals surface area contributed by atoms with Crippen LogP contribution in [0.2, 0.25) is 0 Å². The molecule has 3 aromatic rings. The Kier molecular flexibility index (Phi) is 6.59. The fourth-order valence-corrected chi connectivity index (χ4v) is 3.38. The van der Waals surface area contributed by atoms with Crippen LogP contribution in [0, 0.1) is 19.7 Å². The zero-order chi connectivity index (χ0) is 21.0. The van der Waals surface area contributed by atoms with Crippen molar-refractivity contribution in [3.05, 3.63) is 63.1 Å². The standard InChI is InChI=1S/C22H28FN5O/c1-5-17-22(29)27-21-19(26-17)10-8-16(20(21)23)13-28(6-2)12-11-24-18-9-7-14(3)25-15(18)4/h7-10,24H,5-6,11-13H2,1-4H3,(H,27,29). The molecule has 0 aliphatic heterocycles. The normalized spacial score (nSPS) is 11.4. The summed E-state index contributed by atoms with van der Waals surface area (Å²) in [5.41, 5.74) is 4.29. The van der Waals surface area contributed by atoms with Gasteiger partial charge in [-0.3, -0.25) is 14.7 Å². The molecular formula is C22H28FN5O. The molecule has 0 spiro atoms. The van der Waals surface area contributed by atoms with Crippen molar-refractivity contribution in [2.45, 2.75) is 40.7 Å². The van der Waals surface area contributed by atoms with Gasteiger partial charge in [-0.15, -0.1) is 0 Å². The summed E-state index contributed by atoms with van der Waals surface area (Å²) in [5, 5.41) is 3.40. The van der Waals surface area contributed by atoms with Crippen LogP contribution in [0.15, 0.2) is 29.1 Å². The number of fused-ring (bicyclic) bond motifs is 1. The Morgan fingerprint density at radius 3 is 2.62 bits per heavy atom. The maximum Gasteiger partial charge on any atom is 0.270 e. The van der Waals surface area contributed by atoms with E-state index in [0.29, 0.717) is 29.7 Å². The molecule has 2 N–H and O–H groups in total. The lowest BCUT2D eigenvalue weighted by Gasteiger charge is -2.22. The van der Waals surface area contributed by atoms with Crippen LogP contribution in [0.4, 0.5) is 10.1 Å². The third-order valence-corrected chi connectivity index (χ3v) is 5.10. The first kappa shape index (κ1) is 20.9. The van der Waals surface area contributed by atoms with Gasteiger partial charge in [-0.05, 0) is 45.0 Å². The molecular weight excluding hydrogens is 369 g/mol. The largest absolute Gasteiger partial charge is 0.382 e. The van der Waals surface area contributed by atoms with Crippen molar-refractivity contribution in [1.29, 1.82) is 0 Å². The molecule has 0 atom stereocenters. The number of aromatic nitrogens is 3. The predicted octanol–water partition coefficient (Wildman–Crippen LogP) is 3.57. The number of nitrogens with one attached hydrogen (secondary N) is 2. The van der Waals surface area contributed by atoms with E-state index in [9.17, 15) is 9.18 Å². The molecule has 0 bridgehead atoms. The number of pyridine rings is 1. The van der Waals surface area contributed by atoms with E-state index in [1.165, 1.54) is 0 Å². The van der Waals surface area contributed by atoms with Crippen molar-refractivity contribution in [2.24, 2.45) is 0 Å². The van der Waals surface area contributed by atoms with Crippen molar-refractivity contribution in [1.82, 2.24) is 19.9 Å². The summed E-state index contributed by atoms with van der Waals surface area (Å²) >= 11 is 0. The zero-order valence-electron chi connectivity index (χ0n) is 17.5. The van der Waals surface area contributed by atoms with Crippen LogP contribution in [0.5, 0.6) is 0 Å². The molecule has 7 heteroatoms. The monoisotopic (exact) mass is 397 g/mol. The van der Waals surface area contributed by atoms with Crippen LogP contribution < -0.4 is 10.9 Å². The minimum atomic E-state index is -0.403. The average molecular weight is 397 g/mol. The maximum absolute atomic E-state index is 15.0. The van der Waals surface area contributed by atoms with Gasteiger partial charge in [-0.2, -0.15) is 0 Å². The van der Waals surface area contributed by atoms with Gasteiger partial charge < -0.3 is 10.3 Å². The van der Waals surface area contributed by atoms with E-state index >= 15 is 0 Å².